The Morgan fingerprint density at radius 3 is 2.33 bits per heavy atom. The van der Waals surface area contributed by atoms with Crippen molar-refractivity contribution in [2.75, 3.05) is 14.2 Å². The monoisotopic (exact) mass is 495 g/mol. The fourth-order valence-electron chi connectivity index (χ4n) is 3.58. The van der Waals surface area contributed by atoms with Crippen LogP contribution < -0.4 is 18.9 Å². The van der Waals surface area contributed by atoms with Crippen LogP contribution in [0.4, 0.5) is 13.2 Å². The van der Waals surface area contributed by atoms with Crippen molar-refractivity contribution < 1.29 is 32.1 Å². The molecular formula is C26H20F3N3O4. The van der Waals surface area contributed by atoms with Gasteiger partial charge in [0, 0.05) is 0 Å². The number of aromatic nitrogens is 2. The van der Waals surface area contributed by atoms with Gasteiger partial charge in [0.1, 0.15) is 23.9 Å². The van der Waals surface area contributed by atoms with Gasteiger partial charge in [0.25, 0.3) is 0 Å². The number of halogens is 3. The Morgan fingerprint density at radius 1 is 0.917 bits per heavy atom. The van der Waals surface area contributed by atoms with Crippen LogP contribution in [0.2, 0.25) is 0 Å². The fourth-order valence-corrected chi connectivity index (χ4v) is 3.58. The van der Waals surface area contributed by atoms with Crippen molar-refractivity contribution in [3.63, 3.8) is 0 Å². The molecule has 0 unspecified atom stereocenters. The molecule has 1 aromatic heterocycles. The second-order valence-electron chi connectivity index (χ2n) is 7.63. The van der Waals surface area contributed by atoms with Crippen molar-refractivity contribution in [1.82, 2.24) is 9.97 Å². The minimum atomic E-state index is -4.74. The highest BCUT2D eigenvalue weighted by Crippen LogP contribution is 2.31. The van der Waals surface area contributed by atoms with Gasteiger partial charge >= 0.3 is 6.36 Å². The maximum absolute atomic E-state index is 12.3. The summed E-state index contributed by atoms with van der Waals surface area (Å²) in [6, 6.07) is 16.7. The zero-order chi connectivity index (χ0) is 25.7. The Morgan fingerprint density at radius 2 is 1.67 bits per heavy atom. The highest BCUT2D eigenvalue weighted by atomic mass is 19.4. The zero-order valence-corrected chi connectivity index (χ0v) is 19.3. The van der Waals surface area contributed by atoms with E-state index in [9.17, 15) is 18.4 Å². The fraction of sp³-hybridized carbons (Fsp3) is 0.192. The number of rotatable bonds is 8. The van der Waals surface area contributed by atoms with Gasteiger partial charge in [-0.3, -0.25) is 0 Å². The molecule has 4 rings (SSSR count). The summed E-state index contributed by atoms with van der Waals surface area (Å²) in [4.78, 5) is 8.66. The predicted molar refractivity (Wildman–Crippen MR) is 124 cm³/mol. The second kappa shape index (κ2) is 10.4. The number of benzene rings is 3. The van der Waals surface area contributed by atoms with Gasteiger partial charge in [0.2, 0.25) is 5.88 Å². The first-order valence-electron chi connectivity index (χ1n) is 10.7. The number of fused-ring (bicyclic) bond motifs is 1. The van der Waals surface area contributed by atoms with Gasteiger partial charge in [-0.15, -0.1) is 13.2 Å². The lowest BCUT2D eigenvalue weighted by molar-refractivity contribution is -0.274. The maximum Gasteiger partial charge on any atom is 0.573 e. The third kappa shape index (κ3) is 5.75. The summed E-state index contributed by atoms with van der Waals surface area (Å²) in [7, 11) is 2.99. The van der Waals surface area contributed by atoms with E-state index in [1.165, 1.54) is 44.7 Å². The SMILES string of the molecule is COc1cnc2ccc(Cc3ccc(OCc4ccc(OC(F)(F)F)cc4)c(OC)c3)c(C#N)c2n1. The molecule has 0 fully saturated rings. The van der Waals surface area contributed by atoms with E-state index in [0.717, 1.165) is 11.1 Å². The van der Waals surface area contributed by atoms with Crippen LogP contribution in [-0.4, -0.2) is 30.5 Å². The number of hydrogen-bond donors (Lipinski definition) is 0. The topological polar surface area (TPSA) is 86.5 Å². The van der Waals surface area contributed by atoms with E-state index in [2.05, 4.69) is 20.8 Å². The molecule has 36 heavy (non-hydrogen) atoms. The van der Waals surface area contributed by atoms with Crippen LogP contribution in [0.5, 0.6) is 23.1 Å². The van der Waals surface area contributed by atoms with Crippen LogP contribution in [0, 0.1) is 11.3 Å². The van der Waals surface area contributed by atoms with Gasteiger partial charge in [0.15, 0.2) is 11.5 Å². The summed E-state index contributed by atoms with van der Waals surface area (Å²) >= 11 is 0. The minimum Gasteiger partial charge on any atom is -0.493 e. The van der Waals surface area contributed by atoms with Gasteiger partial charge in [-0.2, -0.15) is 5.26 Å². The first kappa shape index (κ1) is 24.6. The molecule has 0 aliphatic carbocycles. The van der Waals surface area contributed by atoms with Crippen molar-refractivity contribution in [3.05, 3.63) is 83.0 Å². The lowest BCUT2D eigenvalue weighted by Gasteiger charge is -2.14. The largest absolute Gasteiger partial charge is 0.573 e. The van der Waals surface area contributed by atoms with Crippen LogP contribution >= 0.6 is 0 Å². The molecule has 0 amide bonds. The number of methoxy groups -OCH3 is 2. The quantitative estimate of drug-likeness (QED) is 0.315. The maximum atomic E-state index is 12.3. The van der Waals surface area contributed by atoms with Gasteiger partial charge in [-0.1, -0.05) is 24.3 Å². The number of ether oxygens (including phenoxy) is 4. The summed E-state index contributed by atoms with van der Waals surface area (Å²) in [5.41, 5.74) is 3.77. The van der Waals surface area contributed by atoms with Gasteiger partial charge in [-0.25, -0.2) is 9.97 Å². The summed E-state index contributed by atoms with van der Waals surface area (Å²) in [6.07, 6.45) is -2.80. The van der Waals surface area contributed by atoms with E-state index in [1.807, 2.05) is 12.1 Å². The van der Waals surface area contributed by atoms with Crippen LogP contribution in [0.3, 0.4) is 0 Å². The van der Waals surface area contributed by atoms with Crippen molar-refractivity contribution in [3.8, 4) is 29.2 Å². The number of hydrogen-bond acceptors (Lipinski definition) is 7. The molecule has 0 atom stereocenters. The first-order valence-corrected chi connectivity index (χ1v) is 10.7. The van der Waals surface area contributed by atoms with Crippen molar-refractivity contribution >= 4 is 11.0 Å². The van der Waals surface area contributed by atoms with E-state index in [0.29, 0.717) is 46.0 Å². The molecular weight excluding hydrogens is 475 g/mol. The summed E-state index contributed by atoms with van der Waals surface area (Å²) < 4.78 is 57.3. The molecule has 10 heteroatoms. The van der Waals surface area contributed by atoms with E-state index in [-0.39, 0.29) is 12.4 Å². The normalized spacial score (nSPS) is 11.1. The Hall–Kier alpha value is -4.52. The second-order valence-corrected chi connectivity index (χ2v) is 7.63. The Bertz CT molecular complexity index is 1420. The third-order valence-electron chi connectivity index (χ3n) is 5.27. The van der Waals surface area contributed by atoms with Crippen LogP contribution in [0.25, 0.3) is 11.0 Å². The Labute approximate surface area is 204 Å². The molecule has 0 N–H and O–H groups in total. The predicted octanol–water partition coefficient (Wildman–Crippen LogP) is 5.59. The van der Waals surface area contributed by atoms with Crippen LogP contribution in [0.15, 0.2) is 60.8 Å². The average Bonchev–Trinajstić information content (AvgIpc) is 2.87. The van der Waals surface area contributed by atoms with Crippen LogP contribution in [0.1, 0.15) is 22.3 Å². The molecule has 0 spiro atoms. The lowest BCUT2D eigenvalue weighted by Crippen LogP contribution is -2.17. The van der Waals surface area contributed by atoms with E-state index in [1.54, 1.807) is 18.2 Å². The third-order valence-corrected chi connectivity index (χ3v) is 5.27. The van der Waals surface area contributed by atoms with Crippen molar-refractivity contribution in [2.45, 2.75) is 19.4 Å². The summed E-state index contributed by atoms with van der Waals surface area (Å²) in [5, 5.41) is 9.79. The van der Waals surface area contributed by atoms with E-state index in [4.69, 9.17) is 14.2 Å². The standard InChI is InChI=1S/C26H20F3N3O4/c1-33-23-12-17(11-18-6-9-21-25(20(18)13-30)32-24(34-2)14-31-21)5-10-22(23)35-15-16-3-7-19(8-4-16)36-26(27,28)29/h3-10,12,14H,11,15H2,1-2H3. The Kier molecular flexibility index (Phi) is 7.10. The molecule has 0 saturated heterocycles. The van der Waals surface area contributed by atoms with E-state index < -0.39 is 6.36 Å². The highest BCUT2D eigenvalue weighted by Gasteiger charge is 2.30. The number of nitriles is 1. The molecule has 0 aliphatic rings. The van der Waals surface area contributed by atoms with Gasteiger partial charge in [-0.05, 0) is 53.4 Å². The van der Waals surface area contributed by atoms with Crippen molar-refractivity contribution in [2.24, 2.45) is 0 Å². The van der Waals surface area contributed by atoms with Crippen molar-refractivity contribution in [1.29, 1.82) is 5.26 Å². The molecule has 1 heterocycles. The highest BCUT2D eigenvalue weighted by molar-refractivity contribution is 5.82. The molecule has 3 aromatic carbocycles. The first-order chi connectivity index (χ1) is 17.3. The molecule has 7 nitrogen and oxygen atoms in total. The molecule has 0 radical (unpaired) electrons. The van der Waals surface area contributed by atoms with E-state index >= 15 is 0 Å². The number of alkyl halides is 3. The van der Waals surface area contributed by atoms with Gasteiger partial charge in [0.05, 0.1) is 31.5 Å². The molecule has 4 aromatic rings. The van der Waals surface area contributed by atoms with Gasteiger partial charge < -0.3 is 18.9 Å². The molecule has 184 valence electrons. The summed E-state index contributed by atoms with van der Waals surface area (Å²) in [6.45, 7) is 0.117. The van der Waals surface area contributed by atoms with Crippen LogP contribution in [-0.2, 0) is 13.0 Å². The minimum absolute atomic E-state index is 0.117. The summed E-state index contributed by atoms with van der Waals surface area (Å²) in [5.74, 6) is 0.960. The molecule has 0 aliphatic heterocycles. The lowest BCUT2D eigenvalue weighted by atomic mass is 9.98. The molecule has 0 bridgehead atoms. The molecule has 0 saturated carbocycles. The zero-order valence-electron chi connectivity index (χ0n) is 19.3. The smallest absolute Gasteiger partial charge is 0.493 e. The Balaban J connectivity index is 1.50. The average molecular weight is 495 g/mol. The number of nitrogens with zero attached hydrogens (tertiary/aromatic N) is 3.